The standard InChI is InChI=1S/C19H21N3O2/c1-13(2)10-17(18(23)21-15-7-5-9-20-11-15)22-12-14-6-3-4-8-16(14)19(22)24/h3-9,11,13,17H,10,12H2,1-2H3,(H,21,23). The number of benzene rings is 1. The van der Waals surface area contributed by atoms with E-state index in [4.69, 9.17) is 0 Å². The molecule has 2 amide bonds. The van der Waals surface area contributed by atoms with E-state index in [1.54, 1.807) is 29.4 Å². The summed E-state index contributed by atoms with van der Waals surface area (Å²) in [6, 6.07) is 10.6. The molecule has 0 saturated heterocycles. The van der Waals surface area contributed by atoms with Crippen molar-refractivity contribution in [2.45, 2.75) is 32.9 Å². The molecule has 1 unspecified atom stereocenters. The predicted octanol–water partition coefficient (Wildman–Crippen LogP) is 3.09. The minimum atomic E-state index is -0.495. The highest BCUT2D eigenvalue weighted by Crippen LogP contribution is 2.27. The van der Waals surface area contributed by atoms with Crippen LogP contribution >= 0.6 is 0 Å². The molecule has 5 heteroatoms. The normalized spacial score (nSPS) is 14.6. The lowest BCUT2D eigenvalue weighted by molar-refractivity contribution is -0.121. The molecule has 0 fully saturated rings. The van der Waals surface area contributed by atoms with Gasteiger partial charge in [0.25, 0.3) is 5.91 Å². The number of carbonyl (C=O) groups excluding carboxylic acids is 2. The van der Waals surface area contributed by atoms with Crippen molar-refractivity contribution in [3.8, 4) is 0 Å². The van der Waals surface area contributed by atoms with Crippen molar-refractivity contribution in [1.82, 2.24) is 9.88 Å². The van der Waals surface area contributed by atoms with Crippen molar-refractivity contribution < 1.29 is 9.59 Å². The van der Waals surface area contributed by atoms with Crippen LogP contribution in [0.1, 0.15) is 36.2 Å². The van der Waals surface area contributed by atoms with E-state index in [0.717, 1.165) is 5.56 Å². The zero-order valence-electron chi connectivity index (χ0n) is 13.9. The smallest absolute Gasteiger partial charge is 0.255 e. The van der Waals surface area contributed by atoms with Gasteiger partial charge in [-0.1, -0.05) is 32.0 Å². The van der Waals surface area contributed by atoms with Gasteiger partial charge in [0, 0.05) is 18.3 Å². The highest BCUT2D eigenvalue weighted by molar-refractivity contribution is 6.03. The van der Waals surface area contributed by atoms with Gasteiger partial charge in [-0.2, -0.15) is 0 Å². The van der Waals surface area contributed by atoms with Gasteiger partial charge in [-0.05, 0) is 36.1 Å². The fraction of sp³-hybridized carbons (Fsp3) is 0.316. The summed E-state index contributed by atoms with van der Waals surface area (Å²) in [5.74, 6) is 0.0570. The summed E-state index contributed by atoms with van der Waals surface area (Å²) < 4.78 is 0. The van der Waals surface area contributed by atoms with Crippen LogP contribution in [0.5, 0.6) is 0 Å². The van der Waals surface area contributed by atoms with Crippen molar-refractivity contribution in [2.75, 3.05) is 5.32 Å². The van der Waals surface area contributed by atoms with Crippen LogP contribution in [0.3, 0.4) is 0 Å². The SMILES string of the molecule is CC(C)CC(C(=O)Nc1cccnc1)N1Cc2ccccc2C1=O. The second-order valence-corrected chi connectivity index (χ2v) is 6.47. The van der Waals surface area contributed by atoms with Crippen molar-refractivity contribution in [1.29, 1.82) is 0 Å². The number of carbonyl (C=O) groups is 2. The zero-order chi connectivity index (χ0) is 17.1. The molecule has 5 nitrogen and oxygen atoms in total. The maximum atomic E-state index is 12.8. The lowest BCUT2D eigenvalue weighted by atomic mass is 10.0. The van der Waals surface area contributed by atoms with Crippen LogP contribution < -0.4 is 5.32 Å². The number of hydrogen-bond acceptors (Lipinski definition) is 3. The number of hydrogen-bond donors (Lipinski definition) is 1. The van der Waals surface area contributed by atoms with Gasteiger partial charge < -0.3 is 10.2 Å². The molecule has 2 aromatic rings. The number of nitrogens with one attached hydrogen (secondary N) is 1. The molecule has 0 saturated carbocycles. The highest BCUT2D eigenvalue weighted by Gasteiger charge is 2.36. The number of aromatic nitrogens is 1. The Kier molecular flexibility index (Phi) is 4.60. The molecule has 3 rings (SSSR count). The predicted molar refractivity (Wildman–Crippen MR) is 92.4 cm³/mol. The van der Waals surface area contributed by atoms with Gasteiger partial charge in [-0.15, -0.1) is 0 Å². The van der Waals surface area contributed by atoms with Crippen molar-refractivity contribution >= 4 is 17.5 Å². The van der Waals surface area contributed by atoms with E-state index in [-0.39, 0.29) is 11.8 Å². The van der Waals surface area contributed by atoms with E-state index in [1.807, 2.05) is 24.3 Å². The van der Waals surface area contributed by atoms with E-state index in [0.29, 0.717) is 30.1 Å². The third-order valence-electron chi connectivity index (χ3n) is 4.15. The van der Waals surface area contributed by atoms with Crippen LogP contribution in [0.4, 0.5) is 5.69 Å². The Hall–Kier alpha value is -2.69. The summed E-state index contributed by atoms with van der Waals surface area (Å²) in [4.78, 5) is 31.2. The molecule has 1 aromatic carbocycles. The fourth-order valence-corrected chi connectivity index (χ4v) is 3.01. The molecule has 2 heterocycles. The molecule has 0 aliphatic carbocycles. The van der Waals surface area contributed by atoms with E-state index >= 15 is 0 Å². The molecule has 0 spiro atoms. The topological polar surface area (TPSA) is 62.3 Å². The van der Waals surface area contributed by atoms with E-state index in [2.05, 4.69) is 24.1 Å². The Bertz CT molecular complexity index is 743. The maximum absolute atomic E-state index is 12.8. The highest BCUT2D eigenvalue weighted by atomic mass is 16.2. The molecule has 1 aliphatic rings. The van der Waals surface area contributed by atoms with E-state index in [9.17, 15) is 9.59 Å². The largest absolute Gasteiger partial charge is 0.323 e. The average molecular weight is 323 g/mol. The van der Waals surface area contributed by atoms with Gasteiger partial charge in [0.05, 0.1) is 11.9 Å². The summed E-state index contributed by atoms with van der Waals surface area (Å²) in [5.41, 5.74) is 2.31. The van der Waals surface area contributed by atoms with Gasteiger partial charge in [-0.3, -0.25) is 14.6 Å². The summed E-state index contributed by atoms with van der Waals surface area (Å²) in [6.07, 6.45) is 3.87. The Morgan fingerprint density at radius 1 is 1.25 bits per heavy atom. The third-order valence-corrected chi connectivity index (χ3v) is 4.15. The molecule has 1 aliphatic heterocycles. The van der Waals surface area contributed by atoms with Gasteiger partial charge in [0.2, 0.25) is 5.91 Å². The summed E-state index contributed by atoms with van der Waals surface area (Å²) in [6.45, 7) is 4.59. The van der Waals surface area contributed by atoms with Crippen LogP contribution in [0.15, 0.2) is 48.8 Å². The first-order chi connectivity index (χ1) is 11.6. The molecule has 1 atom stereocenters. The molecular weight excluding hydrogens is 302 g/mol. The first-order valence-corrected chi connectivity index (χ1v) is 8.16. The first-order valence-electron chi connectivity index (χ1n) is 8.16. The maximum Gasteiger partial charge on any atom is 0.255 e. The molecule has 1 N–H and O–H groups in total. The van der Waals surface area contributed by atoms with Crippen molar-refractivity contribution in [3.63, 3.8) is 0 Å². The van der Waals surface area contributed by atoms with Crippen LogP contribution in [-0.4, -0.2) is 27.7 Å². The minimum Gasteiger partial charge on any atom is -0.323 e. The monoisotopic (exact) mass is 323 g/mol. The quantitative estimate of drug-likeness (QED) is 0.920. The van der Waals surface area contributed by atoms with Crippen molar-refractivity contribution in [2.24, 2.45) is 5.92 Å². The van der Waals surface area contributed by atoms with Gasteiger partial charge in [0.15, 0.2) is 0 Å². The molecule has 0 radical (unpaired) electrons. The summed E-state index contributed by atoms with van der Waals surface area (Å²) in [5, 5.41) is 2.88. The molecule has 24 heavy (non-hydrogen) atoms. The lowest BCUT2D eigenvalue weighted by Crippen LogP contribution is -2.45. The third kappa shape index (κ3) is 3.30. The molecule has 0 bridgehead atoms. The summed E-state index contributed by atoms with van der Waals surface area (Å²) >= 11 is 0. The Balaban J connectivity index is 1.82. The zero-order valence-corrected chi connectivity index (χ0v) is 13.9. The second-order valence-electron chi connectivity index (χ2n) is 6.47. The van der Waals surface area contributed by atoms with Gasteiger partial charge in [-0.25, -0.2) is 0 Å². The Labute approximate surface area is 141 Å². The van der Waals surface area contributed by atoms with Crippen molar-refractivity contribution in [3.05, 3.63) is 59.9 Å². The Morgan fingerprint density at radius 2 is 2.04 bits per heavy atom. The van der Waals surface area contributed by atoms with Crippen LogP contribution in [0.25, 0.3) is 0 Å². The number of fused-ring (bicyclic) bond motifs is 1. The molecular formula is C19H21N3O2. The second kappa shape index (κ2) is 6.83. The van der Waals surface area contributed by atoms with Gasteiger partial charge in [0.1, 0.15) is 6.04 Å². The lowest BCUT2D eigenvalue weighted by Gasteiger charge is -2.28. The average Bonchev–Trinajstić information content (AvgIpc) is 2.90. The number of rotatable bonds is 5. The molecule has 1 aromatic heterocycles. The van der Waals surface area contributed by atoms with E-state index < -0.39 is 6.04 Å². The number of anilines is 1. The minimum absolute atomic E-state index is 0.0717. The Morgan fingerprint density at radius 3 is 2.71 bits per heavy atom. The first kappa shape index (κ1) is 16.2. The van der Waals surface area contributed by atoms with Crippen LogP contribution in [0.2, 0.25) is 0 Å². The van der Waals surface area contributed by atoms with E-state index in [1.165, 1.54) is 0 Å². The number of nitrogens with zero attached hydrogens (tertiary/aromatic N) is 2. The number of amides is 2. The summed E-state index contributed by atoms with van der Waals surface area (Å²) in [7, 11) is 0. The number of pyridine rings is 1. The van der Waals surface area contributed by atoms with Crippen LogP contribution in [0, 0.1) is 5.92 Å². The molecule has 124 valence electrons. The fourth-order valence-electron chi connectivity index (χ4n) is 3.01. The van der Waals surface area contributed by atoms with Crippen LogP contribution in [-0.2, 0) is 11.3 Å². The van der Waals surface area contributed by atoms with Gasteiger partial charge >= 0.3 is 0 Å².